The fourth-order valence-electron chi connectivity index (χ4n) is 3.17. The zero-order chi connectivity index (χ0) is 21.3. The normalized spacial score (nSPS) is 12.1. The zero-order valence-corrected chi connectivity index (χ0v) is 18.1. The third kappa shape index (κ3) is 4.34. The molecule has 0 aliphatic carbocycles. The molecule has 0 aromatic carbocycles. The van der Waals surface area contributed by atoms with E-state index in [1.165, 1.54) is 0 Å². The summed E-state index contributed by atoms with van der Waals surface area (Å²) in [5, 5.41) is 7.72. The predicted octanol–water partition coefficient (Wildman–Crippen LogP) is 3.05. The van der Waals surface area contributed by atoms with Gasteiger partial charge in [-0.05, 0) is 39.8 Å². The molecule has 0 aliphatic rings. The van der Waals surface area contributed by atoms with Gasteiger partial charge in [0.1, 0.15) is 11.5 Å². The lowest BCUT2D eigenvalue weighted by atomic mass is 10.1. The molecule has 0 bridgehead atoms. The Bertz CT molecular complexity index is 1160. The molecule has 0 saturated heterocycles. The number of pyridine rings is 1. The summed E-state index contributed by atoms with van der Waals surface area (Å²) in [5.74, 6) is 1.07. The molecule has 3 aromatic heterocycles. The van der Waals surface area contributed by atoms with Gasteiger partial charge in [0, 0.05) is 23.9 Å². The molecule has 0 aliphatic heterocycles. The van der Waals surface area contributed by atoms with Crippen molar-refractivity contribution in [2.45, 2.75) is 40.7 Å². The second-order valence-electron chi connectivity index (χ2n) is 7.29. The number of sulfone groups is 1. The second kappa shape index (κ2) is 7.98. The van der Waals surface area contributed by atoms with Crippen molar-refractivity contribution < 1.29 is 17.6 Å². The first-order valence-corrected chi connectivity index (χ1v) is 11.4. The maximum Gasteiger partial charge on any atom is 0.252 e. The van der Waals surface area contributed by atoms with E-state index in [2.05, 4.69) is 10.4 Å². The summed E-state index contributed by atoms with van der Waals surface area (Å²) in [6.07, 6.45) is 1.62. The van der Waals surface area contributed by atoms with Crippen LogP contribution in [-0.2, 0) is 9.84 Å². The summed E-state index contributed by atoms with van der Waals surface area (Å²) < 4.78 is 30.8. The smallest absolute Gasteiger partial charge is 0.252 e. The number of furan rings is 1. The minimum absolute atomic E-state index is 0.0484. The number of aromatic nitrogens is 3. The van der Waals surface area contributed by atoms with Crippen LogP contribution in [0.5, 0.6) is 0 Å². The van der Waals surface area contributed by atoms with Gasteiger partial charge in [-0.2, -0.15) is 5.10 Å². The summed E-state index contributed by atoms with van der Waals surface area (Å²) in [4.78, 5) is 17.6. The molecular weight excluding hydrogens is 392 g/mol. The number of nitrogens with one attached hydrogen (secondary N) is 1. The summed E-state index contributed by atoms with van der Waals surface area (Å²) in [5.41, 5.74) is 2.43. The van der Waals surface area contributed by atoms with E-state index in [0.29, 0.717) is 28.1 Å². The number of rotatable bonds is 7. The van der Waals surface area contributed by atoms with Crippen LogP contribution in [0.25, 0.3) is 22.3 Å². The first-order chi connectivity index (χ1) is 13.6. The Morgan fingerprint density at radius 2 is 2.00 bits per heavy atom. The van der Waals surface area contributed by atoms with Crippen molar-refractivity contribution in [3.05, 3.63) is 35.4 Å². The molecule has 3 rings (SSSR count). The number of carbonyl (C=O) groups is 1. The molecule has 0 unspecified atom stereocenters. The molecule has 0 atom stereocenters. The van der Waals surface area contributed by atoms with Crippen LogP contribution < -0.4 is 5.32 Å². The zero-order valence-electron chi connectivity index (χ0n) is 17.3. The van der Waals surface area contributed by atoms with Gasteiger partial charge >= 0.3 is 0 Å². The molecule has 0 saturated carbocycles. The van der Waals surface area contributed by atoms with Gasteiger partial charge < -0.3 is 9.73 Å². The summed E-state index contributed by atoms with van der Waals surface area (Å²) in [6.45, 7) is 9.33. The minimum atomic E-state index is -3.16. The Morgan fingerprint density at radius 1 is 1.28 bits per heavy atom. The molecule has 29 heavy (non-hydrogen) atoms. The van der Waals surface area contributed by atoms with Gasteiger partial charge in [-0.25, -0.2) is 18.1 Å². The van der Waals surface area contributed by atoms with Crippen LogP contribution in [-0.4, -0.2) is 47.1 Å². The van der Waals surface area contributed by atoms with Gasteiger partial charge in [0.25, 0.3) is 5.91 Å². The van der Waals surface area contributed by atoms with Gasteiger partial charge in [-0.3, -0.25) is 4.79 Å². The average Bonchev–Trinajstić information content (AvgIpc) is 3.23. The fraction of sp³-hybridized carbons (Fsp3) is 0.450. The number of amides is 1. The highest BCUT2D eigenvalue weighted by Crippen LogP contribution is 2.30. The molecular formula is C20H26N4O4S. The van der Waals surface area contributed by atoms with E-state index in [9.17, 15) is 13.2 Å². The number of aryl methyl sites for hydroxylation is 2. The van der Waals surface area contributed by atoms with Gasteiger partial charge in [0.2, 0.25) is 0 Å². The third-order valence-electron chi connectivity index (χ3n) is 4.76. The molecule has 0 spiro atoms. The largest absolute Gasteiger partial charge is 0.466 e. The van der Waals surface area contributed by atoms with E-state index in [1.54, 1.807) is 23.9 Å². The van der Waals surface area contributed by atoms with E-state index in [4.69, 9.17) is 9.40 Å². The lowest BCUT2D eigenvalue weighted by Gasteiger charge is -2.11. The highest BCUT2D eigenvalue weighted by Gasteiger charge is 2.20. The van der Waals surface area contributed by atoms with E-state index in [-0.39, 0.29) is 30.0 Å². The average molecular weight is 419 g/mol. The van der Waals surface area contributed by atoms with Crippen LogP contribution in [0.2, 0.25) is 0 Å². The van der Waals surface area contributed by atoms with Crippen LogP contribution in [0.15, 0.2) is 22.7 Å². The molecule has 0 radical (unpaired) electrons. The van der Waals surface area contributed by atoms with Crippen LogP contribution >= 0.6 is 0 Å². The quantitative estimate of drug-likeness (QED) is 0.632. The van der Waals surface area contributed by atoms with Crippen LogP contribution in [0.1, 0.15) is 48.7 Å². The second-order valence-corrected chi connectivity index (χ2v) is 9.77. The standard InChI is InChI=1S/C20H26N4O4S/c1-6-29(26,27)8-7-21-20(25)16-10-18(15-9-13(4)28-14(15)5)23-19-17(16)11-22-24(19)12(2)3/h9-12H,6-8H2,1-5H3,(H,21,25). The molecule has 1 amide bonds. The topological polar surface area (TPSA) is 107 Å². The molecule has 1 N–H and O–H groups in total. The first kappa shape index (κ1) is 21.0. The Labute approximate surface area is 170 Å². The number of fused-ring (bicyclic) bond motifs is 1. The highest BCUT2D eigenvalue weighted by atomic mass is 32.2. The van der Waals surface area contributed by atoms with Crippen molar-refractivity contribution in [1.29, 1.82) is 0 Å². The van der Waals surface area contributed by atoms with Crippen LogP contribution in [0.4, 0.5) is 0 Å². The lowest BCUT2D eigenvalue weighted by Crippen LogP contribution is -2.29. The lowest BCUT2D eigenvalue weighted by molar-refractivity contribution is 0.0957. The third-order valence-corrected chi connectivity index (χ3v) is 6.46. The summed E-state index contributed by atoms with van der Waals surface area (Å²) in [6, 6.07) is 3.65. The molecule has 9 heteroatoms. The number of hydrogen-bond acceptors (Lipinski definition) is 6. The van der Waals surface area contributed by atoms with Crippen molar-refractivity contribution in [3.8, 4) is 11.3 Å². The van der Waals surface area contributed by atoms with E-state index >= 15 is 0 Å². The molecule has 156 valence electrons. The fourth-order valence-corrected chi connectivity index (χ4v) is 3.87. The van der Waals surface area contributed by atoms with Crippen molar-refractivity contribution in [2.24, 2.45) is 0 Å². The molecule has 8 nitrogen and oxygen atoms in total. The van der Waals surface area contributed by atoms with Crippen LogP contribution in [0.3, 0.4) is 0 Å². The molecule has 3 aromatic rings. The minimum Gasteiger partial charge on any atom is -0.466 e. The maximum absolute atomic E-state index is 12.9. The predicted molar refractivity (Wildman–Crippen MR) is 112 cm³/mol. The summed E-state index contributed by atoms with van der Waals surface area (Å²) >= 11 is 0. The number of nitrogens with zero attached hydrogens (tertiary/aromatic N) is 3. The Kier molecular flexibility index (Phi) is 5.79. The van der Waals surface area contributed by atoms with Gasteiger partial charge in [-0.15, -0.1) is 0 Å². The van der Waals surface area contributed by atoms with E-state index in [0.717, 1.165) is 11.3 Å². The van der Waals surface area contributed by atoms with Crippen molar-refractivity contribution in [1.82, 2.24) is 20.1 Å². The highest BCUT2D eigenvalue weighted by molar-refractivity contribution is 7.91. The van der Waals surface area contributed by atoms with Crippen molar-refractivity contribution >= 4 is 26.8 Å². The monoisotopic (exact) mass is 418 g/mol. The number of hydrogen-bond donors (Lipinski definition) is 1. The van der Waals surface area contributed by atoms with Gasteiger partial charge in [0.05, 0.1) is 28.6 Å². The van der Waals surface area contributed by atoms with Crippen molar-refractivity contribution in [3.63, 3.8) is 0 Å². The first-order valence-electron chi connectivity index (χ1n) is 9.57. The Hall–Kier alpha value is -2.68. The molecule has 3 heterocycles. The maximum atomic E-state index is 12.9. The van der Waals surface area contributed by atoms with E-state index in [1.807, 2.05) is 33.8 Å². The SMILES string of the molecule is CCS(=O)(=O)CCNC(=O)c1cc(-c2cc(C)oc2C)nc2c1cnn2C(C)C. The molecule has 0 fully saturated rings. The summed E-state index contributed by atoms with van der Waals surface area (Å²) in [7, 11) is -3.16. The number of carbonyl (C=O) groups excluding carboxylic acids is 1. The van der Waals surface area contributed by atoms with Gasteiger partial charge in [-0.1, -0.05) is 6.92 Å². The Morgan fingerprint density at radius 3 is 2.59 bits per heavy atom. The van der Waals surface area contributed by atoms with E-state index < -0.39 is 9.84 Å². The Balaban J connectivity index is 2.05. The van der Waals surface area contributed by atoms with Crippen LogP contribution in [0, 0.1) is 13.8 Å². The van der Waals surface area contributed by atoms with Gasteiger partial charge in [0.15, 0.2) is 15.5 Å². The van der Waals surface area contributed by atoms with Crippen molar-refractivity contribution in [2.75, 3.05) is 18.1 Å².